The van der Waals surface area contributed by atoms with Crippen LogP contribution in [0, 0.1) is 5.82 Å². The normalized spacial score (nSPS) is 18.3. The van der Waals surface area contributed by atoms with Gasteiger partial charge in [0.25, 0.3) is 0 Å². The summed E-state index contributed by atoms with van der Waals surface area (Å²) in [4.78, 5) is -0.862. The molecular formula is C11H14FNO4S2. The fourth-order valence-corrected chi connectivity index (χ4v) is 3.88. The number of benzene rings is 1. The number of hydrogen-bond acceptors (Lipinski definition) is 4. The van der Waals surface area contributed by atoms with E-state index in [1.807, 2.05) is 0 Å². The van der Waals surface area contributed by atoms with Crippen LogP contribution in [0.15, 0.2) is 28.0 Å². The molecule has 8 heteroatoms. The summed E-state index contributed by atoms with van der Waals surface area (Å²) in [6, 6.07) is 2.74. The van der Waals surface area contributed by atoms with Crippen LogP contribution in [0.5, 0.6) is 0 Å². The van der Waals surface area contributed by atoms with E-state index < -0.39 is 36.1 Å². The van der Waals surface area contributed by atoms with Crippen LogP contribution < -0.4 is 4.72 Å². The standard InChI is InChI=1S/C11H14FNO4S2/c1-11(5-6-11)13-19(16,17)10-7-8(18(2,14)15)3-4-9(10)12/h3-4,7,13H,5-6H2,1-2H3. The monoisotopic (exact) mass is 307 g/mol. The summed E-state index contributed by atoms with van der Waals surface area (Å²) in [6.45, 7) is 1.71. The third-order valence-corrected chi connectivity index (χ3v) is 5.76. The highest BCUT2D eigenvalue weighted by Gasteiger charge is 2.42. The summed E-state index contributed by atoms with van der Waals surface area (Å²) in [6.07, 6.45) is 2.30. The Balaban J connectivity index is 2.49. The highest BCUT2D eigenvalue weighted by Crippen LogP contribution is 2.36. The summed E-state index contributed by atoms with van der Waals surface area (Å²) in [7, 11) is -7.65. The first-order chi connectivity index (χ1) is 8.54. The van der Waals surface area contributed by atoms with Crippen molar-refractivity contribution < 1.29 is 21.2 Å². The van der Waals surface area contributed by atoms with Crippen molar-refractivity contribution in [2.45, 2.75) is 35.1 Å². The molecule has 1 aromatic carbocycles. The Morgan fingerprint density at radius 1 is 1.21 bits per heavy atom. The lowest BCUT2D eigenvalue weighted by molar-refractivity contribution is 0.539. The molecule has 106 valence electrons. The second-order valence-corrected chi connectivity index (χ2v) is 8.70. The first-order valence-electron chi connectivity index (χ1n) is 5.57. The fourth-order valence-electron chi connectivity index (χ4n) is 1.59. The maximum absolute atomic E-state index is 13.6. The van der Waals surface area contributed by atoms with Crippen LogP contribution in [0.4, 0.5) is 4.39 Å². The lowest BCUT2D eigenvalue weighted by Crippen LogP contribution is -2.34. The van der Waals surface area contributed by atoms with Crippen molar-refractivity contribution in [3.8, 4) is 0 Å². The molecule has 0 unspecified atom stereocenters. The Bertz CT molecular complexity index is 721. The molecule has 1 saturated carbocycles. The van der Waals surface area contributed by atoms with Crippen LogP contribution in [-0.2, 0) is 19.9 Å². The molecule has 0 spiro atoms. The number of rotatable bonds is 4. The van der Waals surface area contributed by atoms with E-state index in [1.54, 1.807) is 6.92 Å². The third kappa shape index (κ3) is 3.13. The smallest absolute Gasteiger partial charge is 0.224 e. The fraction of sp³-hybridized carbons (Fsp3) is 0.455. The molecule has 1 aromatic rings. The van der Waals surface area contributed by atoms with Crippen LogP contribution in [0.1, 0.15) is 19.8 Å². The topological polar surface area (TPSA) is 80.3 Å². The van der Waals surface area contributed by atoms with E-state index in [0.29, 0.717) is 12.8 Å². The van der Waals surface area contributed by atoms with E-state index >= 15 is 0 Å². The van der Waals surface area contributed by atoms with Crippen LogP contribution >= 0.6 is 0 Å². The molecule has 0 atom stereocenters. The van der Waals surface area contributed by atoms with Crippen molar-refractivity contribution in [2.75, 3.05) is 6.26 Å². The van der Waals surface area contributed by atoms with Gasteiger partial charge in [-0.25, -0.2) is 25.9 Å². The van der Waals surface area contributed by atoms with Crippen LogP contribution in [0.25, 0.3) is 0 Å². The second kappa shape index (κ2) is 4.26. The number of nitrogens with one attached hydrogen (secondary N) is 1. The number of hydrogen-bond donors (Lipinski definition) is 1. The molecule has 1 fully saturated rings. The van der Waals surface area contributed by atoms with Gasteiger partial charge in [-0.15, -0.1) is 0 Å². The van der Waals surface area contributed by atoms with Gasteiger partial charge in [0.2, 0.25) is 10.0 Å². The van der Waals surface area contributed by atoms with Crippen molar-refractivity contribution in [1.29, 1.82) is 0 Å². The number of sulfonamides is 1. The Kier molecular flexibility index (Phi) is 3.23. The average molecular weight is 307 g/mol. The predicted octanol–water partition coefficient (Wildman–Crippen LogP) is 1.06. The maximum Gasteiger partial charge on any atom is 0.244 e. The minimum atomic E-state index is -4.06. The van der Waals surface area contributed by atoms with Crippen molar-refractivity contribution in [3.63, 3.8) is 0 Å². The molecule has 1 aliphatic rings. The Labute approximate surface area is 111 Å². The molecule has 19 heavy (non-hydrogen) atoms. The van der Waals surface area contributed by atoms with E-state index in [-0.39, 0.29) is 4.90 Å². The van der Waals surface area contributed by atoms with E-state index in [0.717, 1.165) is 24.5 Å². The van der Waals surface area contributed by atoms with E-state index in [4.69, 9.17) is 0 Å². The highest BCUT2D eigenvalue weighted by molar-refractivity contribution is 7.91. The molecule has 0 saturated heterocycles. The molecule has 0 bridgehead atoms. The Hall–Kier alpha value is -0.990. The van der Waals surface area contributed by atoms with Crippen molar-refractivity contribution in [3.05, 3.63) is 24.0 Å². The number of sulfone groups is 1. The molecule has 1 aliphatic carbocycles. The first-order valence-corrected chi connectivity index (χ1v) is 8.95. The van der Waals surface area contributed by atoms with E-state index in [9.17, 15) is 21.2 Å². The quantitative estimate of drug-likeness (QED) is 0.844. The zero-order chi connectivity index (χ0) is 14.5. The van der Waals surface area contributed by atoms with Gasteiger partial charge in [-0.1, -0.05) is 0 Å². The van der Waals surface area contributed by atoms with Gasteiger partial charge in [-0.2, -0.15) is 0 Å². The zero-order valence-electron chi connectivity index (χ0n) is 10.5. The van der Waals surface area contributed by atoms with Crippen LogP contribution in [0.3, 0.4) is 0 Å². The zero-order valence-corrected chi connectivity index (χ0v) is 12.1. The molecule has 0 aromatic heterocycles. The molecular weight excluding hydrogens is 293 g/mol. The largest absolute Gasteiger partial charge is 0.244 e. The number of halogens is 1. The van der Waals surface area contributed by atoms with Crippen LogP contribution in [-0.4, -0.2) is 28.6 Å². The molecule has 0 amide bonds. The van der Waals surface area contributed by atoms with Gasteiger partial charge in [0.15, 0.2) is 9.84 Å². The lowest BCUT2D eigenvalue weighted by atomic mass is 10.3. The van der Waals surface area contributed by atoms with E-state index in [2.05, 4.69) is 4.72 Å². The summed E-state index contributed by atoms with van der Waals surface area (Å²) >= 11 is 0. The molecule has 0 aliphatic heterocycles. The van der Waals surface area contributed by atoms with Crippen LogP contribution in [0.2, 0.25) is 0 Å². The van der Waals surface area contributed by atoms with E-state index in [1.165, 1.54) is 0 Å². The van der Waals surface area contributed by atoms with Gasteiger partial charge in [0.1, 0.15) is 10.7 Å². The summed E-state index contributed by atoms with van der Waals surface area (Å²) in [5, 5.41) is 0. The summed E-state index contributed by atoms with van der Waals surface area (Å²) in [5.41, 5.74) is -0.549. The van der Waals surface area contributed by atoms with Gasteiger partial charge in [0, 0.05) is 11.8 Å². The molecule has 5 nitrogen and oxygen atoms in total. The average Bonchev–Trinajstić information content (AvgIpc) is 2.93. The summed E-state index contributed by atoms with van der Waals surface area (Å²) < 4.78 is 62.9. The van der Waals surface area contributed by atoms with Crippen molar-refractivity contribution in [1.82, 2.24) is 4.72 Å². The van der Waals surface area contributed by atoms with Crippen molar-refractivity contribution >= 4 is 19.9 Å². The minimum Gasteiger partial charge on any atom is -0.224 e. The Morgan fingerprint density at radius 2 is 1.79 bits per heavy atom. The van der Waals surface area contributed by atoms with Gasteiger partial charge >= 0.3 is 0 Å². The van der Waals surface area contributed by atoms with Crippen molar-refractivity contribution in [2.24, 2.45) is 0 Å². The predicted molar refractivity (Wildman–Crippen MR) is 67.5 cm³/mol. The van der Waals surface area contributed by atoms with Gasteiger partial charge < -0.3 is 0 Å². The second-order valence-electron chi connectivity index (χ2n) is 5.03. The molecule has 1 N–H and O–H groups in total. The highest BCUT2D eigenvalue weighted by atomic mass is 32.2. The molecule has 0 radical (unpaired) electrons. The first kappa shape index (κ1) is 14.4. The Morgan fingerprint density at radius 3 is 2.26 bits per heavy atom. The molecule has 2 rings (SSSR count). The van der Waals surface area contributed by atoms with Gasteiger partial charge in [0.05, 0.1) is 4.90 Å². The van der Waals surface area contributed by atoms with Gasteiger partial charge in [-0.05, 0) is 38.0 Å². The lowest BCUT2D eigenvalue weighted by Gasteiger charge is -2.13. The summed E-state index contributed by atoms with van der Waals surface area (Å²) in [5.74, 6) is -0.968. The third-order valence-electron chi connectivity index (χ3n) is 3.00. The minimum absolute atomic E-state index is 0.227. The SMILES string of the molecule is CC1(NS(=O)(=O)c2cc(S(C)(=O)=O)ccc2F)CC1. The van der Waals surface area contributed by atoms with Gasteiger partial charge in [-0.3, -0.25) is 0 Å². The maximum atomic E-state index is 13.6. The molecule has 0 heterocycles.